The van der Waals surface area contributed by atoms with Gasteiger partial charge in [0.25, 0.3) is 0 Å². The van der Waals surface area contributed by atoms with Crippen LogP contribution in [0.3, 0.4) is 0 Å². The summed E-state index contributed by atoms with van der Waals surface area (Å²) < 4.78 is 18.1. The quantitative estimate of drug-likeness (QED) is 0.469. The Bertz CT molecular complexity index is 149. The smallest absolute Gasteiger partial charge is 0.190 e. The van der Waals surface area contributed by atoms with Gasteiger partial charge in [-0.15, -0.1) is 0 Å². The molecular weight excluding hydrogens is 78.0 g/mol. The zero-order valence-electron chi connectivity index (χ0n) is 5.09. The van der Waals surface area contributed by atoms with Gasteiger partial charge < -0.3 is 4.42 Å². The van der Waals surface area contributed by atoms with Crippen LogP contribution in [0, 0.1) is 6.88 Å². The number of oxazole rings is 1. The number of nitrogens with zero attached hydrogens (tertiary/aromatic N) is 1. The van der Waals surface area contributed by atoms with Gasteiger partial charge in [0.15, 0.2) is 5.89 Å². The summed E-state index contributed by atoms with van der Waals surface area (Å²) in [4.78, 5) is 3.57. The van der Waals surface area contributed by atoms with Crippen LogP contribution in [0.5, 0.6) is 0 Å². The molecule has 0 aromatic carbocycles. The Balaban J connectivity index is 2.77. The van der Waals surface area contributed by atoms with Crippen molar-refractivity contribution >= 4 is 0 Å². The fourth-order valence-electron chi connectivity index (χ4n) is 0.234. The van der Waals surface area contributed by atoms with Gasteiger partial charge in [0.05, 0.1) is 6.20 Å². The van der Waals surface area contributed by atoms with E-state index in [0.717, 1.165) is 0 Å². The van der Waals surface area contributed by atoms with Crippen molar-refractivity contribution in [2.24, 2.45) is 0 Å². The van der Waals surface area contributed by atoms with E-state index in [1.165, 1.54) is 12.5 Å². The first-order valence-electron chi connectivity index (χ1n) is 2.70. The highest BCUT2D eigenvalue weighted by molar-refractivity contribution is 4.72. The Morgan fingerprint density at radius 1 is 2.17 bits per heavy atom. The lowest BCUT2D eigenvalue weighted by atomic mass is 10.8. The van der Waals surface area contributed by atoms with E-state index in [-0.39, 0.29) is 5.89 Å². The maximum Gasteiger partial charge on any atom is 0.190 e. The molecular formula is C4H5NO. The van der Waals surface area contributed by atoms with Crippen molar-refractivity contribution in [3.05, 3.63) is 18.4 Å². The first-order valence-corrected chi connectivity index (χ1v) is 1.54. The Labute approximate surface area is 38.6 Å². The molecule has 0 aliphatic rings. The lowest BCUT2D eigenvalue weighted by molar-refractivity contribution is 0.521. The molecule has 0 N–H and O–H groups in total. The first-order chi connectivity index (χ1) is 3.80. The average molecular weight is 85.1 g/mol. The van der Waals surface area contributed by atoms with E-state index in [1.807, 2.05) is 0 Å². The minimum Gasteiger partial charge on any atom is -0.449 e. The molecule has 0 amide bonds. The fourth-order valence-corrected chi connectivity index (χ4v) is 0.234. The standard InChI is InChI=1S/C4H5NO/c1-4-5-2-3-6-4/h2-3H,1H3/i1D2. The van der Waals surface area contributed by atoms with Gasteiger partial charge >= 0.3 is 0 Å². The summed E-state index contributed by atoms with van der Waals surface area (Å²) in [5, 5.41) is 0. The van der Waals surface area contributed by atoms with Gasteiger partial charge in [-0.2, -0.15) is 0 Å². The van der Waals surface area contributed by atoms with Gasteiger partial charge in [0.1, 0.15) is 6.26 Å². The molecule has 2 heteroatoms. The van der Waals surface area contributed by atoms with Crippen LogP contribution < -0.4 is 0 Å². The van der Waals surface area contributed by atoms with Crippen molar-refractivity contribution in [1.82, 2.24) is 4.98 Å². The van der Waals surface area contributed by atoms with Crippen molar-refractivity contribution in [3.8, 4) is 0 Å². The van der Waals surface area contributed by atoms with Crippen LogP contribution in [-0.4, -0.2) is 4.98 Å². The highest BCUT2D eigenvalue weighted by Crippen LogP contribution is 1.86. The van der Waals surface area contributed by atoms with Gasteiger partial charge in [-0.05, 0) is 0 Å². The van der Waals surface area contributed by atoms with Crippen LogP contribution in [0.15, 0.2) is 16.9 Å². The van der Waals surface area contributed by atoms with E-state index in [0.29, 0.717) is 0 Å². The van der Waals surface area contributed by atoms with E-state index in [9.17, 15) is 0 Å². The second-order valence-corrected chi connectivity index (χ2v) is 0.870. The molecule has 0 atom stereocenters. The highest BCUT2D eigenvalue weighted by atomic mass is 16.3. The molecule has 6 heavy (non-hydrogen) atoms. The van der Waals surface area contributed by atoms with Crippen LogP contribution in [0.1, 0.15) is 8.63 Å². The summed E-state index contributed by atoms with van der Waals surface area (Å²) in [5.41, 5.74) is 0. The van der Waals surface area contributed by atoms with Crippen LogP contribution in [0.25, 0.3) is 0 Å². The molecule has 0 aliphatic heterocycles. The monoisotopic (exact) mass is 85.0 g/mol. The molecule has 0 saturated heterocycles. The molecule has 1 heterocycles. The molecule has 0 fully saturated rings. The van der Waals surface area contributed by atoms with E-state index in [2.05, 4.69) is 9.40 Å². The minimum atomic E-state index is -1.09. The summed E-state index contributed by atoms with van der Waals surface area (Å²) in [5.74, 6) is 0.144. The third-order valence-electron chi connectivity index (χ3n) is 0.451. The Morgan fingerprint density at radius 2 is 3.17 bits per heavy atom. The van der Waals surface area contributed by atoms with Crippen molar-refractivity contribution < 1.29 is 7.16 Å². The van der Waals surface area contributed by atoms with Gasteiger partial charge in [-0.25, -0.2) is 4.98 Å². The minimum absolute atomic E-state index is 0.144. The van der Waals surface area contributed by atoms with Crippen molar-refractivity contribution in [2.45, 2.75) is 6.88 Å². The number of rotatable bonds is 0. The maximum absolute atomic E-state index is 6.75. The molecule has 0 spiro atoms. The molecule has 32 valence electrons. The lowest BCUT2D eigenvalue weighted by Crippen LogP contribution is -1.59. The number of aryl methyl sites for hydroxylation is 1. The fraction of sp³-hybridized carbons (Fsp3) is 0.250. The van der Waals surface area contributed by atoms with Gasteiger partial charge in [0.2, 0.25) is 0 Å². The molecule has 0 aliphatic carbocycles. The van der Waals surface area contributed by atoms with E-state index < -0.39 is 6.88 Å². The zero-order valence-corrected chi connectivity index (χ0v) is 3.09. The van der Waals surface area contributed by atoms with Gasteiger partial charge in [0, 0.05) is 9.62 Å². The average Bonchev–Trinajstić information content (AvgIpc) is 2.12. The molecule has 1 rings (SSSR count). The molecule has 2 nitrogen and oxygen atoms in total. The molecule has 0 saturated carbocycles. The molecule has 0 bridgehead atoms. The number of hydrogen-bond acceptors (Lipinski definition) is 2. The van der Waals surface area contributed by atoms with Gasteiger partial charge in [-0.3, -0.25) is 0 Å². The summed E-state index contributed by atoms with van der Waals surface area (Å²) in [6.07, 6.45) is 2.77. The summed E-state index contributed by atoms with van der Waals surface area (Å²) >= 11 is 0. The third kappa shape index (κ3) is 0.407. The predicted molar refractivity (Wildman–Crippen MR) is 21.2 cm³/mol. The third-order valence-corrected chi connectivity index (χ3v) is 0.451. The van der Waals surface area contributed by atoms with Crippen molar-refractivity contribution in [1.29, 1.82) is 0 Å². The first kappa shape index (κ1) is 1.78. The Morgan fingerprint density at radius 3 is 3.50 bits per heavy atom. The van der Waals surface area contributed by atoms with Crippen LogP contribution in [0.2, 0.25) is 0 Å². The van der Waals surface area contributed by atoms with Crippen LogP contribution >= 0.6 is 0 Å². The number of hydrogen-bond donors (Lipinski definition) is 0. The molecule has 1 aromatic rings. The molecule has 0 unspecified atom stereocenters. The van der Waals surface area contributed by atoms with E-state index >= 15 is 0 Å². The van der Waals surface area contributed by atoms with Crippen molar-refractivity contribution in [3.63, 3.8) is 0 Å². The second-order valence-electron chi connectivity index (χ2n) is 0.870. The summed E-state index contributed by atoms with van der Waals surface area (Å²) in [6.45, 7) is -1.09. The largest absolute Gasteiger partial charge is 0.449 e. The summed E-state index contributed by atoms with van der Waals surface area (Å²) in [6, 6.07) is 0. The lowest BCUT2D eigenvalue weighted by Gasteiger charge is -1.67. The van der Waals surface area contributed by atoms with E-state index in [4.69, 9.17) is 2.74 Å². The SMILES string of the molecule is [2H]C([2H])c1ncco1. The van der Waals surface area contributed by atoms with Crippen LogP contribution in [-0.2, 0) is 0 Å². The Kier molecular flexibility index (Phi) is 0.333. The summed E-state index contributed by atoms with van der Waals surface area (Å²) in [7, 11) is 0. The predicted octanol–water partition coefficient (Wildman–Crippen LogP) is 0.983. The second kappa shape index (κ2) is 1.12. The van der Waals surface area contributed by atoms with Crippen molar-refractivity contribution in [2.75, 3.05) is 0 Å². The molecule has 0 radical (unpaired) electrons. The highest BCUT2D eigenvalue weighted by Gasteiger charge is 1.77. The normalized spacial score (nSPS) is 14.2. The molecule has 1 aromatic heterocycles. The van der Waals surface area contributed by atoms with E-state index in [1.54, 1.807) is 0 Å². The van der Waals surface area contributed by atoms with Gasteiger partial charge in [-0.1, -0.05) is 0 Å². The van der Waals surface area contributed by atoms with Crippen LogP contribution in [0.4, 0.5) is 0 Å². The Hall–Kier alpha value is -0.790. The number of aromatic nitrogens is 1. The topological polar surface area (TPSA) is 26.0 Å². The maximum atomic E-state index is 6.75. The zero-order chi connectivity index (χ0) is 5.98.